The van der Waals surface area contributed by atoms with E-state index in [2.05, 4.69) is 5.32 Å². The minimum absolute atomic E-state index is 0.0186. The summed E-state index contributed by atoms with van der Waals surface area (Å²) >= 11 is 0. The van der Waals surface area contributed by atoms with E-state index in [9.17, 15) is 9.59 Å². The summed E-state index contributed by atoms with van der Waals surface area (Å²) in [6, 6.07) is 5.79. The largest absolute Gasteiger partial charge is 0.368 e. The number of carbonyl (C=O) groups is 2. The Kier molecular flexibility index (Phi) is 4.16. The van der Waals surface area contributed by atoms with Crippen molar-refractivity contribution in [3.8, 4) is 0 Å². The van der Waals surface area contributed by atoms with Crippen LogP contribution in [-0.2, 0) is 20.7 Å². The van der Waals surface area contributed by atoms with E-state index in [0.29, 0.717) is 13.2 Å². The molecule has 1 fully saturated rings. The van der Waals surface area contributed by atoms with E-state index in [1.54, 1.807) is 4.90 Å². The molecule has 5 nitrogen and oxygen atoms in total. The van der Waals surface area contributed by atoms with Crippen LogP contribution in [0.3, 0.4) is 0 Å². The first-order valence-electron chi connectivity index (χ1n) is 7.93. The first-order chi connectivity index (χ1) is 10.6. The van der Waals surface area contributed by atoms with Crippen LogP contribution in [0.1, 0.15) is 32.3 Å². The van der Waals surface area contributed by atoms with Gasteiger partial charge in [0.2, 0.25) is 5.91 Å². The minimum Gasteiger partial charge on any atom is -0.368 e. The number of hydrogen-bond acceptors (Lipinski definition) is 3. The molecule has 3 rings (SSSR count). The first kappa shape index (κ1) is 15.0. The normalized spacial score (nSPS) is 20.3. The van der Waals surface area contributed by atoms with Crippen LogP contribution in [0.4, 0.5) is 11.4 Å². The van der Waals surface area contributed by atoms with Gasteiger partial charge in [-0.2, -0.15) is 0 Å². The summed E-state index contributed by atoms with van der Waals surface area (Å²) in [5, 5.41) is 2.89. The van der Waals surface area contributed by atoms with E-state index in [1.807, 2.05) is 32.0 Å². The standard InChI is InChI=1S/C17H22N2O3/c1-11(2)16(20)18-13-6-5-12-7-8-19(14(12)10-13)17(21)15-4-3-9-22-15/h5-6,10-11,15H,3-4,7-9H2,1-2H3,(H,18,20). The van der Waals surface area contributed by atoms with Gasteiger partial charge in [-0.05, 0) is 37.0 Å². The average molecular weight is 302 g/mol. The van der Waals surface area contributed by atoms with E-state index in [4.69, 9.17) is 4.74 Å². The van der Waals surface area contributed by atoms with Crippen molar-refractivity contribution in [1.29, 1.82) is 0 Å². The monoisotopic (exact) mass is 302 g/mol. The molecule has 0 aromatic heterocycles. The van der Waals surface area contributed by atoms with Crippen LogP contribution in [0.25, 0.3) is 0 Å². The number of nitrogens with zero attached hydrogens (tertiary/aromatic N) is 1. The molecule has 1 unspecified atom stereocenters. The van der Waals surface area contributed by atoms with Gasteiger partial charge in [0, 0.05) is 30.4 Å². The number of amides is 2. The second-order valence-electron chi connectivity index (χ2n) is 6.23. The molecule has 0 spiro atoms. The van der Waals surface area contributed by atoms with Crippen LogP contribution in [0.5, 0.6) is 0 Å². The highest BCUT2D eigenvalue weighted by Gasteiger charge is 2.32. The summed E-state index contributed by atoms with van der Waals surface area (Å²) in [5.74, 6) is -0.0450. The number of hydrogen-bond donors (Lipinski definition) is 1. The molecule has 1 saturated heterocycles. The lowest BCUT2D eigenvalue weighted by atomic mass is 10.1. The Hall–Kier alpha value is -1.88. The summed E-state index contributed by atoms with van der Waals surface area (Å²) in [4.78, 5) is 26.2. The molecule has 0 bridgehead atoms. The number of ether oxygens (including phenoxy) is 1. The van der Waals surface area contributed by atoms with Crippen molar-refractivity contribution in [2.24, 2.45) is 5.92 Å². The fourth-order valence-corrected chi connectivity index (χ4v) is 2.92. The van der Waals surface area contributed by atoms with Gasteiger partial charge in [-0.1, -0.05) is 19.9 Å². The summed E-state index contributed by atoms with van der Waals surface area (Å²) in [6.45, 7) is 5.07. The van der Waals surface area contributed by atoms with Crippen molar-refractivity contribution in [2.75, 3.05) is 23.4 Å². The Morgan fingerprint density at radius 1 is 1.36 bits per heavy atom. The first-order valence-corrected chi connectivity index (χ1v) is 7.93. The minimum atomic E-state index is -0.306. The van der Waals surface area contributed by atoms with Crippen molar-refractivity contribution >= 4 is 23.2 Å². The Morgan fingerprint density at radius 2 is 2.18 bits per heavy atom. The highest BCUT2D eigenvalue weighted by molar-refractivity contribution is 6.00. The molecule has 0 radical (unpaired) electrons. The third-order valence-corrected chi connectivity index (χ3v) is 4.24. The molecule has 1 N–H and O–H groups in total. The summed E-state index contributed by atoms with van der Waals surface area (Å²) in [7, 11) is 0. The van der Waals surface area contributed by atoms with Gasteiger partial charge in [0.1, 0.15) is 6.10 Å². The van der Waals surface area contributed by atoms with Crippen molar-refractivity contribution in [2.45, 2.75) is 39.2 Å². The SMILES string of the molecule is CC(C)C(=O)Nc1ccc2c(c1)N(C(=O)C1CCCO1)CC2. The van der Waals surface area contributed by atoms with Crippen LogP contribution in [0, 0.1) is 5.92 Å². The highest BCUT2D eigenvalue weighted by atomic mass is 16.5. The van der Waals surface area contributed by atoms with E-state index in [1.165, 1.54) is 0 Å². The fraction of sp³-hybridized carbons (Fsp3) is 0.529. The van der Waals surface area contributed by atoms with Gasteiger partial charge in [-0.25, -0.2) is 0 Å². The number of anilines is 2. The second-order valence-corrected chi connectivity index (χ2v) is 6.23. The molecule has 2 aliphatic rings. The Balaban J connectivity index is 1.79. The molecular weight excluding hydrogens is 280 g/mol. The summed E-state index contributed by atoms with van der Waals surface area (Å²) < 4.78 is 5.51. The Bertz CT molecular complexity index is 592. The number of rotatable bonds is 3. The van der Waals surface area contributed by atoms with Crippen LogP contribution in [-0.4, -0.2) is 31.1 Å². The maximum absolute atomic E-state index is 12.6. The van der Waals surface area contributed by atoms with Gasteiger partial charge in [0.25, 0.3) is 5.91 Å². The quantitative estimate of drug-likeness (QED) is 0.932. The maximum Gasteiger partial charge on any atom is 0.256 e. The second kappa shape index (κ2) is 6.08. The Labute approximate surface area is 130 Å². The van der Waals surface area contributed by atoms with Crippen LogP contribution in [0.2, 0.25) is 0 Å². The average Bonchev–Trinajstić information content (AvgIpc) is 3.15. The lowest BCUT2D eigenvalue weighted by Gasteiger charge is -2.21. The van der Waals surface area contributed by atoms with Gasteiger partial charge < -0.3 is 15.0 Å². The zero-order valence-corrected chi connectivity index (χ0v) is 13.1. The zero-order valence-electron chi connectivity index (χ0n) is 13.1. The molecule has 2 aliphatic heterocycles. The fourth-order valence-electron chi connectivity index (χ4n) is 2.92. The Morgan fingerprint density at radius 3 is 2.86 bits per heavy atom. The zero-order chi connectivity index (χ0) is 15.7. The predicted octanol–water partition coefficient (Wildman–Crippen LogP) is 2.35. The third-order valence-electron chi connectivity index (χ3n) is 4.24. The molecular formula is C17H22N2O3. The molecule has 1 atom stereocenters. The predicted molar refractivity (Wildman–Crippen MR) is 84.9 cm³/mol. The van der Waals surface area contributed by atoms with Gasteiger partial charge in [0.05, 0.1) is 0 Å². The maximum atomic E-state index is 12.6. The van der Waals surface area contributed by atoms with E-state index < -0.39 is 0 Å². The van der Waals surface area contributed by atoms with Crippen molar-refractivity contribution in [3.05, 3.63) is 23.8 Å². The van der Waals surface area contributed by atoms with Gasteiger partial charge in [-0.3, -0.25) is 9.59 Å². The molecule has 1 aromatic carbocycles. The molecule has 118 valence electrons. The van der Waals surface area contributed by atoms with Crippen molar-refractivity contribution in [1.82, 2.24) is 0 Å². The molecule has 0 saturated carbocycles. The van der Waals surface area contributed by atoms with Crippen molar-refractivity contribution in [3.63, 3.8) is 0 Å². The van der Waals surface area contributed by atoms with E-state index in [-0.39, 0.29) is 23.8 Å². The lowest BCUT2D eigenvalue weighted by Crippen LogP contribution is -2.37. The molecule has 5 heteroatoms. The third kappa shape index (κ3) is 2.86. The molecule has 0 aliphatic carbocycles. The van der Waals surface area contributed by atoms with Crippen LogP contribution in [0.15, 0.2) is 18.2 Å². The van der Waals surface area contributed by atoms with E-state index in [0.717, 1.165) is 36.2 Å². The van der Waals surface area contributed by atoms with Gasteiger partial charge in [-0.15, -0.1) is 0 Å². The number of benzene rings is 1. The van der Waals surface area contributed by atoms with Crippen LogP contribution >= 0.6 is 0 Å². The summed E-state index contributed by atoms with van der Waals surface area (Å²) in [6.07, 6.45) is 2.29. The van der Waals surface area contributed by atoms with Gasteiger partial charge in [0.15, 0.2) is 0 Å². The highest BCUT2D eigenvalue weighted by Crippen LogP contribution is 2.32. The van der Waals surface area contributed by atoms with Gasteiger partial charge >= 0.3 is 0 Å². The number of nitrogens with one attached hydrogen (secondary N) is 1. The molecule has 22 heavy (non-hydrogen) atoms. The molecule has 2 amide bonds. The van der Waals surface area contributed by atoms with E-state index >= 15 is 0 Å². The number of fused-ring (bicyclic) bond motifs is 1. The topological polar surface area (TPSA) is 58.6 Å². The van der Waals surface area contributed by atoms with Crippen LogP contribution < -0.4 is 10.2 Å². The molecule has 1 aromatic rings. The summed E-state index contributed by atoms with van der Waals surface area (Å²) in [5.41, 5.74) is 2.79. The lowest BCUT2D eigenvalue weighted by molar-refractivity contribution is -0.127. The van der Waals surface area contributed by atoms with Crippen molar-refractivity contribution < 1.29 is 14.3 Å². The molecule has 2 heterocycles. The number of carbonyl (C=O) groups excluding carboxylic acids is 2. The smallest absolute Gasteiger partial charge is 0.256 e.